The first-order chi connectivity index (χ1) is 9.08. The van der Waals surface area contributed by atoms with Gasteiger partial charge in [-0.15, -0.1) is 0 Å². The molecule has 0 aliphatic carbocycles. The number of nitrogen functional groups attached to an aromatic ring is 1. The number of carbonyl (C=O) groups is 1. The molecule has 4 heteroatoms. The highest BCUT2D eigenvalue weighted by Gasteiger charge is 2.07. The number of hydrogen-bond acceptors (Lipinski definition) is 3. The number of Topliss-reactive ketones (excluding diaryl/α,β-unsaturated/α-hetero) is 1. The monoisotopic (exact) mass is 319 g/mol. The van der Waals surface area contributed by atoms with Gasteiger partial charge < -0.3 is 10.5 Å². The Morgan fingerprint density at radius 3 is 2.63 bits per heavy atom. The third kappa shape index (κ3) is 3.35. The Morgan fingerprint density at radius 2 is 2.00 bits per heavy atom. The number of anilines is 1. The first-order valence-corrected chi connectivity index (χ1v) is 6.64. The minimum atomic E-state index is 0.0192. The van der Waals surface area contributed by atoms with Crippen LogP contribution in [0.1, 0.15) is 22.8 Å². The lowest BCUT2D eigenvalue weighted by Gasteiger charge is -2.09. The average Bonchev–Trinajstić information content (AvgIpc) is 2.37. The quantitative estimate of drug-likeness (QED) is 0.688. The number of ketones is 1. The molecule has 0 unspecified atom stereocenters. The molecular weight excluding hydrogens is 306 g/mol. The molecule has 0 atom stereocenters. The van der Waals surface area contributed by atoms with E-state index in [1.54, 1.807) is 18.2 Å². The highest BCUT2D eigenvalue weighted by atomic mass is 79.9. The fourth-order valence-electron chi connectivity index (χ4n) is 1.70. The molecule has 2 rings (SSSR count). The molecule has 0 aromatic heterocycles. The summed E-state index contributed by atoms with van der Waals surface area (Å²) in [6.45, 7) is 1.93. The number of rotatable bonds is 4. The Hall–Kier alpha value is -1.81. The van der Waals surface area contributed by atoms with E-state index in [1.807, 2.05) is 24.3 Å². The number of halogens is 1. The zero-order chi connectivity index (χ0) is 13.8. The Morgan fingerprint density at radius 1 is 1.26 bits per heavy atom. The van der Waals surface area contributed by atoms with Gasteiger partial charge in [-0.2, -0.15) is 0 Å². The molecule has 0 amide bonds. The van der Waals surface area contributed by atoms with Crippen molar-refractivity contribution in [1.82, 2.24) is 0 Å². The number of carbonyl (C=O) groups excluding carboxylic acids is 1. The summed E-state index contributed by atoms with van der Waals surface area (Å²) in [6, 6.07) is 12.9. The van der Waals surface area contributed by atoms with Crippen LogP contribution in [0.15, 0.2) is 46.9 Å². The molecule has 0 bridgehead atoms. The van der Waals surface area contributed by atoms with Gasteiger partial charge in [0.05, 0.1) is 0 Å². The van der Waals surface area contributed by atoms with Crippen molar-refractivity contribution in [2.45, 2.75) is 13.5 Å². The van der Waals surface area contributed by atoms with Gasteiger partial charge >= 0.3 is 0 Å². The Balaban J connectivity index is 2.11. The minimum Gasteiger partial charge on any atom is -0.489 e. The SMILES string of the molecule is CC(=O)c1ccc(OCc2ccccc2N)cc1Br. The van der Waals surface area contributed by atoms with Gasteiger partial charge in [0.2, 0.25) is 0 Å². The third-order valence-electron chi connectivity index (χ3n) is 2.77. The number of nitrogens with two attached hydrogens (primary N) is 1. The van der Waals surface area contributed by atoms with Gasteiger partial charge in [-0.1, -0.05) is 18.2 Å². The van der Waals surface area contributed by atoms with Gasteiger partial charge in [0.15, 0.2) is 5.78 Å². The van der Waals surface area contributed by atoms with E-state index in [4.69, 9.17) is 10.5 Å². The maximum atomic E-state index is 11.3. The van der Waals surface area contributed by atoms with Crippen molar-refractivity contribution >= 4 is 27.4 Å². The number of benzene rings is 2. The molecule has 0 heterocycles. The molecule has 0 aliphatic heterocycles. The van der Waals surface area contributed by atoms with Gasteiger partial charge in [0.25, 0.3) is 0 Å². The second-order valence-corrected chi connectivity index (χ2v) is 5.04. The minimum absolute atomic E-state index is 0.0192. The van der Waals surface area contributed by atoms with Crippen molar-refractivity contribution in [3.8, 4) is 5.75 Å². The van der Waals surface area contributed by atoms with E-state index in [9.17, 15) is 4.79 Å². The third-order valence-corrected chi connectivity index (χ3v) is 3.43. The van der Waals surface area contributed by atoms with Crippen LogP contribution < -0.4 is 10.5 Å². The van der Waals surface area contributed by atoms with Crippen LogP contribution in [-0.2, 0) is 6.61 Å². The molecule has 3 nitrogen and oxygen atoms in total. The first-order valence-electron chi connectivity index (χ1n) is 5.84. The Labute approximate surface area is 120 Å². The smallest absolute Gasteiger partial charge is 0.160 e. The molecule has 2 N–H and O–H groups in total. The molecule has 0 radical (unpaired) electrons. The van der Waals surface area contributed by atoms with Crippen molar-refractivity contribution in [2.75, 3.05) is 5.73 Å². The van der Waals surface area contributed by atoms with Gasteiger partial charge in [0, 0.05) is 21.3 Å². The lowest BCUT2D eigenvalue weighted by atomic mass is 10.1. The Kier molecular flexibility index (Phi) is 4.22. The van der Waals surface area contributed by atoms with Crippen LogP contribution in [0, 0.1) is 0 Å². The summed E-state index contributed by atoms with van der Waals surface area (Å²) >= 11 is 3.36. The standard InChI is InChI=1S/C15H14BrNO2/c1-10(18)13-7-6-12(8-14(13)16)19-9-11-4-2-3-5-15(11)17/h2-8H,9,17H2,1H3. The predicted molar refractivity (Wildman–Crippen MR) is 79.3 cm³/mol. The van der Waals surface area contributed by atoms with Crippen molar-refractivity contribution < 1.29 is 9.53 Å². The second kappa shape index (κ2) is 5.89. The summed E-state index contributed by atoms with van der Waals surface area (Å²) in [5.74, 6) is 0.714. The van der Waals surface area contributed by atoms with E-state index in [0.717, 1.165) is 10.0 Å². The topological polar surface area (TPSA) is 52.3 Å². The highest BCUT2D eigenvalue weighted by Crippen LogP contribution is 2.24. The van der Waals surface area contributed by atoms with Gasteiger partial charge in [-0.25, -0.2) is 0 Å². The lowest BCUT2D eigenvalue weighted by Crippen LogP contribution is -2.00. The van der Waals surface area contributed by atoms with Crippen LogP contribution >= 0.6 is 15.9 Å². The summed E-state index contributed by atoms with van der Waals surface area (Å²) in [4.78, 5) is 11.3. The van der Waals surface area contributed by atoms with Crippen LogP contribution in [0.2, 0.25) is 0 Å². The van der Waals surface area contributed by atoms with Crippen LogP contribution in [0.3, 0.4) is 0 Å². The summed E-state index contributed by atoms with van der Waals surface area (Å²) in [7, 11) is 0. The second-order valence-electron chi connectivity index (χ2n) is 4.19. The number of hydrogen-bond donors (Lipinski definition) is 1. The highest BCUT2D eigenvalue weighted by molar-refractivity contribution is 9.10. The first kappa shape index (κ1) is 13.6. The number of ether oxygens (including phenoxy) is 1. The van der Waals surface area contributed by atoms with Crippen molar-refractivity contribution in [3.05, 3.63) is 58.1 Å². The fourth-order valence-corrected chi connectivity index (χ4v) is 2.33. The van der Waals surface area contributed by atoms with Crippen molar-refractivity contribution in [2.24, 2.45) is 0 Å². The van der Waals surface area contributed by atoms with E-state index in [1.165, 1.54) is 6.92 Å². The molecule has 0 fully saturated rings. The van der Waals surface area contributed by atoms with Gasteiger partial charge in [0.1, 0.15) is 12.4 Å². The summed E-state index contributed by atoms with van der Waals surface area (Å²) in [5, 5.41) is 0. The molecule has 2 aromatic rings. The van der Waals surface area contributed by atoms with E-state index in [-0.39, 0.29) is 5.78 Å². The maximum Gasteiger partial charge on any atom is 0.160 e. The lowest BCUT2D eigenvalue weighted by molar-refractivity contribution is 0.101. The molecule has 2 aromatic carbocycles. The fraction of sp³-hybridized carbons (Fsp3) is 0.133. The van der Waals surface area contributed by atoms with Crippen molar-refractivity contribution in [3.63, 3.8) is 0 Å². The van der Waals surface area contributed by atoms with E-state index >= 15 is 0 Å². The molecule has 0 saturated heterocycles. The van der Waals surface area contributed by atoms with Gasteiger partial charge in [-0.05, 0) is 47.1 Å². The number of para-hydroxylation sites is 1. The average molecular weight is 320 g/mol. The summed E-state index contributed by atoms with van der Waals surface area (Å²) in [6.07, 6.45) is 0. The summed E-state index contributed by atoms with van der Waals surface area (Å²) < 4.78 is 6.40. The van der Waals surface area contributed by atoms with E-state index in [2.05, 4.69) is 15.9 Å². The zero-order valence-corrected chi connectivity index (χ0v) is 12.1. The van der Waals surface area contributed by atoms with Crippen LogP contribution in [0.5, 0.6) is 5.75 Å². The van der Waals surface area contributed by atoms with E-state index in [0.29, 0.717) is 23.6 Å². The normalized spacial score (nSPS) is 10.2. The maximum absolute atomic E-state index is 11.3. The Bertz CT molecular complexity index is 611. The molecule has 0 aliphatic rings. The summed E-state index contributed by atoms with van der Waals surface area (Å²) in [5.41, 5.74) is 8.14. The van der Waals surface area contributed by atoms with Crippen molar-refractivity contribution in [1.29, 1.82) is 0 Å². The molecule has 0 spiro atoms. The van der Waals surface area contributed by atoms with Crippen LogP contribution in [0.4, 0.5) is 5.69 Å². The molecule has 19 heavy (non-hydrogen) atoms. The predicted octanol–water partition coefficient (Wildman–Crippen LogP) is 3.81. The zero-order valence-electron chi connectivity index (χ0n) is 10.5. The van der Waals surface area contributed by atoms with Gasteiger partial charge in [-0.3, -0.25) is 4.79 Å². The van der Waals surface area contributed by atoms with E-state index < -0.39 is 0 Å². The van der Waals surface area contributed by atoms with Crippen LogP contribution in [0.25, 0.3) is 0 Å². The largest absolute Gasteiger partial charge is 0.489 e. The van der Waals surface area contributed by atoms with Crippen LogP contribution in [-0.4, -0.2) is 5.78 Å². The molecule has 0 saturated carbocycles. The molecular formula is C15H14BrNO2. The molecule has 98 valence electrons.